The number of benzene rings is 3. The highest BCUT2D eigenvalue weighted by Gasteiger charge is 2.36. The van der Waals surface area contributed by atoms with Crippen molar-refractivity contribution in [2.45, 2.75) is 19.9 Å². The number of urea groups is 1. The van der Waals surface area contributed by atoms with Crippen molar-refractivity contribution < 1.29 is 18.8 Å². The first-order valence-corrected chi connectivity index (χ1v) is 11.5. The molecule has 1 aliphatic heterocycles. The molecule has 0 saturated carbocycles. The van der Waals surface area contributed by atoms with Crippen LogP contribution in [0.4, 0.5) is 10.5 Å². The number of nitrogens with one attached hydrogen (secondary N) is 1. The van der Waals surface area contributed by atoms with Gasteiger partial charge in [-0.2, -0.15) is 4.98 Å². The van der Waals surface area contributed by atoms with Gasteiger partial charge in [0.25, 0.3) is 5.89 Å². The number of aryl methyl sites for hydroxylation is 1. The Labute approximate surface area is 209 Å². The van der Waals surface area contributed by atoms with Crippen LogP contribution in [0.25, 0.3) is 17.0 Å². The first-order valence-electron chi connectivity index (χ1n) is 11.5. The minimum Gasteiger partial charge on any atom is -0.493 e. The molecule has 3 aromatic carbocycles. The van der Waals surface area contributed by atoms with Gasteiger partial charge in [0, 0.05) is 17.3 Å². The lowest BCUT2D eigenvalue weighted by Crippen LogP contribution is -2.46. The zero-order chi connectivity index (χ0) is 25.2. The fourth-order valence-corrected chi connectivity index (χ4v) is 4.42. The summed E-state index contributed by atoms with van der Waals surface area (Å²) in [6.07, 6.45) is 0. The highest BCUT2D eigenvalue weighted by atomic mass is 16.5. The van der Waals surface area contributed by atoms with Gasteiger partial charge in [0.05, 0.1) is 31.5 Å². The molecule has 1 aliphatic rings. The second-order valence-corrected chi connectivity index (χ2v) is 8.46. The van der Waals surface area contributed by atoms with E-state index in [1.807, 2.05) is 68.4 Å². The molecule has 1 unspecified atom stereocenters. The number of carbonyl (C=O) groups is 1. The third-order valence-corrected chi connectivity index (χ3v) is 6.18. The van der Waals surface area contributed by atoms with E-state index in [1.54, 1.807) is 37.3 Å². The lowest BCUT2D eigenvalue weighted by atomic mass is 9.94. The second-order valence-electron chi connectivity index (χ2n) is 8.46. The lowest BCUT2D eigenvalue weighted by molar-refractivity contribution is 0.244. The van der Waals surface area contributed by atoms with Gasteiger partial charge in [-0.1, -0.05) is 59.3 Å². The number of anilines is 1. The van der Waals surface area contributed by atoms with E-state index < -0.39 is 6.04 Å². The molecule has 1 N–H and O–H groups in total. The van der Waals surface area contributed by atoms with Gasteiger partial charge in [-0.05, 0) is 37.6 Å². The van der Waals surface area contributed by atoms with Crippen LogP contribution >= 0.6 is 0 Å². The predicted molar refractivity (Wildman–Crippen MR) is 137 cm³/mol. The van der Waals surface area contributed by atoms with E-state index in [9.17, 15) is 4.79 Å². The second kappa shape index (κ2) is 9.58. The number of allylic oxidation sites excluding steroid dienone is 1. The molecule has 1 atom stereocenters. The molecule has 8 heteroatoms. The van der Waals surface area contributed by atoms with Gasteiger partial charge in [-0.15, -0.1) is 0 Å². The smallest absolute Gasteiger partial charge is 0.327 e. The van der Waals surface area contributed by atoms with Gasteiger partial charge >= 0.3 is 6.03 Å². The normalized spacial score (nSPS) is 15.6. The van der Waals surface area contributed by atoms with E-state index >= 15 is 0 Å². The molecule has 0 saturated heterocycles. The molecule has 2 amide bonds. The highest BCUT2D eigenvalue weighted by Crippen LogP contribution is 2.41. The average molecular weight is 483 g/mol. The SMILES string of the molecule is COc1ccc(N2C(=O)NC(c3ccccc3)C(c3nc(-c4cccc(C)c4)no3)=C2C)cc1OC. The summed E-state index contributed by atoms with van der Waals surface area (Å²) in [7, 11) is 3.13. The van der Waals surface area contributed by atoms with Gasteiger partial charge in [0.2, 0.25) is 5.82 Å². The third-order valence-electron chi connectivity index (χ3n) is 6.18. The quantitative estimate of drug-likeness (QED) is 0.376. The van der Waals surface area contributed by atoms with E-state index in [-0.39, 0.29) is 6.03 Å². The van der Waals surface area contributed by atoms with Crippen molar-refractivity contribution >= 4 is 17.3 Å². The summed E-state index contributed by atoms with van der Waals surface area (Å²) in [5, 5.41) is 7.36. The van der Waals surface area contributed by atoms with Crippen molar-refractivity contribution in [2.75, 3.05) is 19.1 Å². The fourth-order valence-electron chi connectivity index (χ4n) is 4.42. The molecule has 0 radical (unpaired) electrons. The Hall–Kier alpha value is -4.59. The van der Waals surface area contributed by atoms with Gasteiger partial charge in [-0.25, -0.2) is 4.79 Å². The number of hydrogen-bond donors (Lipinski definition) is 1. The largest absolute Gasteiger partial charge is 0.493 e. The number of carbonyl (C=O) groups excluding carboxylic acids is 1. The van der Waals surface area contributed by atoms with Crippen LogP contribution in [0, 0.1) is 6.92 Å². The van der Waals surface area contributed by atoms with Gasteiger partial charge in [0.1, 0.15) is 0 Å². The first kappa shape index (κ1) is 23.2. The average Bonchev–Trinajstić information content (AvgIpc) is 3.38. The standard InChI is InChI=1S/C28H26N4O4/c1-17-9-8-12-20(15-17)26-30-27(36-31-26)24-18(2)32(21-13-14-22(34-3)23(16-21)35-4)28(33)29-25(24)19-10-6-5-7-11-19/h5-16,25H,1-4H3,(H,29,33). The monoisotopic (exact) mass is 482 g/mol. The summed E-state index contributed by atoms with van der Waals surface area (Å²) in [6.45, 7) is 3.89. The van der Waals surface area contributed by atoms with Crippen molar-refractivity contribution in [1.29, 1.82) is 0 Å². The Morgan fingerprint density at radius 3 is 2.42 bits per heavy atom. The van der Waals surface area contributed by atoms with Crippen LogP contribution in [-0.4, -0.2) is 30.4 Å². The molecule has 4 aromatic rings. The van der Waals surface area contributed by atoms with Crippen LogP contribution in [0.2, 0.25) is 0 Å². The first-order chi connectivity index (χ1) is 17.5. The molecule has 0 bridgehead atoms. The number of amides is 2. The summed E-state index contributed by atoms with van der Waals surface area (Å²) < 4.78 is 16.6. The molecular formula is C28H26N4O4. The van der Waals surface area contributed by atoms with Crippen molar-refractivity contribution in [3.63, 3.8) is 0 Å². The molecule has 36 heavy (non-hydrogen) atoms. The van der Waals surface area contributed by atoms with Crippen LogP contribution in [-0.2, 0) is 0 Å². The number of aromatic nitrogens is 2. The molecule has 0 spiro atoms. The molecular weight excluding hydrogens is 456 g/mol. The summed E-state index contributed by atoms with van der Waals surface area (Å²) in [5.41, 5.74) is 4.85. The number of hydrogen-bond acceptors (Lipinski definition) is 6. The third kappa shape index (κ3) is 4.17. The van der Waals surface area contributed by atoms with Crippen molar-refractivity contribution in [3.05, 3.63) is 95.5 Å². The van der Waals surface area contributed by atoms with Crippen LogP contribution in [0.3, 0.4) is 0 Å². The minimum absolute atomic E-state index is 0.282. The van der Waals surface area contributed by atoms with Crippen molar-refractivity contribution in [2.24, 2.45) is 0 Å². The maximum atomic E-state index is 13.4. The van der Waals surface area contributed by atoms with E-state index in [4.69, 9.17) is 19.0 Å². The lowest BCUT2D eigenvalue weighted by Gasteiger charge is -2.35. The number of nitrogens with zero attached hydrogens (tertiary/aromatic N) is 3. The zero-order valence-corrected chi connectivity index (χ0v) is 20.5. The molecule has 0 aliphatic carbocycles. The predicted octanol–water partition coefficient (Wildman–Crippen LogP) is 5.76. The maximum Gasteiger partial charge on any atom is 0.327 e. The fraction of sp³-hybridized carbons (Fsp3) is 0.179. The van der Waals surface area contributed by atoms with Crippen LogP contribution in [0.15, 0.2) is 83.0 Å². The Bertz CT molecular complexity index is 1440. The van der Waals surface area contributed by atoms with Gasteiger partial charge in [-0.3, -0.25) is 4.90 Å². The Balaban J connectivity index is 1.65. The molecule has 5 rings (SSSR count). The summed E-state index contributed by atoms with van der Waals surface area (Å²) in [4.78, 5) is 19.7. The zero-order valence-electron chi connectivity index (χ0n) is 20.5. The Kier molecular flexibility index (Phi) is 6.16. The van der Waals surface area contributed by atoms with E-state index in [1.165, 1.54) is 0 Å². The van der Waals surface area contributed by atoms with E-state index in [0.29, 0.717) is 40.2 Å². The summed E-state index contributed by atoms with van der Waals surface area (Å²) in [6, 6.07) is 22.2. The van der Waals surface area contributed by atoms with E-state index in [2.05, 4.69) is 10.5 Å². The molecule has 1 aromatic heterocycles. The van der Waals surface area contributed by atoms with Crippen LogP contribution in [0.5, 0.6) is 11.5 Å². The summed E-state index contributed by atoms with van der Waals surface area (Å²) >= 11 is 0. The number of rotatable bonds is 6. The number of ether oxygens (including phenoxy) is 2. The molecule has 182 valence electrons. The number of methoxy groups -OCH3 is 2. The van der Waals surface area contributed by atoms with Gasteiger partial charge in [0.15, 0.2) is 11.5 Å². The topological polar surface area (TPSA) is 89.7 Å². The van der Waals surface area contributed by atoms with E-state index in [0.717, 1.165) is 16.7 Å². The summed E-state index contributed by atoms with van der Waals surface area (Å²) in [5.74, 6) is 1.91. The Morgan fingerprint density at radius 2 is 1.69 bits per heavy atom. The van der Waals surface area contributed by atoms with Gasteiger partial charge < -0.3 is 19.3 Å². The molecule has 2 heterocycles. The maximum absolute atomic E-state index is 13.4. The molecule has 0 fully saturated rings. The van der Waals surface area contributed by atoms with Crippen LogP contribution in [0.1, 0.15) is 30.0 Å². The molecule has 8 nitrogen and oxygen atoms in total. The van der Waals surface area contributed by atoms with Crippen LogP contribution < -0.4 is 19.7 Å². The van der Waals surface area contributed by atoms with Crippen molar-refractivity contribution in [3.8, 4) is 22.9 Å². The Morgan fingerprint density at radius 1 is 0.917 bits per heavy atom. The van der Waals surface area contributed by atoms with Crippen molar-refractivity contribution in [1.82, 2.24) is 15.5 Å². The highest BCUT2D eigenvalue weighted by molar-refractivity contribution is 6.01. The minimum atomic E-state index is -0.471.